The first-order chi connectivity index (χ1) is 12.7. The molecule has 0 aromatic heterocycles. The Labute approximate surface area is 173 Å². The molecule has 1 saturated carbocycles. The molecule has 28 heavy (non-hydrogen) atoms. The number of hydrogen-bond donors (Lipinski definition) is 0. The van der Waals surface area contributed by atoms with Crippen molar-refractivity contribution in [3.05, 3.63) is 33.8 Å². The summed E-state index contributed by atoms with van der Waals surface area (Å²) < 4.78 is 45.4. The highest BCUT2D eigenvalue weighted by molar-refractivity contribution is 9.10. The largest absolute Gasteiger partial charge is 0.444 e. The Balaban J connectivity index is 2.29. The molecule has 158 valence electrons. The van der Waals surface area contributed by atoms with Gasteiger partial charge in [-0.05, 0) is 75.6 Å². The van der Waals surface area contributed by atoms with Crippen LogP contribution in [0.15, 0.2) is 22.7 Å². The highest BCUT2D eigenvalue weighted by Crippen LogP contribution is 2.38. The van der Waals surface area contributed by atoms with Gasteiger partial charge in [0.25, 0.3) is 0 Å². The van der Waals surface area contributed by atoms with E-state index in [9.17, 15) is 18.0 Å². The van der Waals surface area contributed by atoms with Crippen molar-refractivity contribution in [2.75, 3.05) is 0 Å². The molecule has 0 radical (unpaired) electrons. The van der Waals surface area contributed by atoms with Crippen molar-refractivity contribution in [3.63, 3.8) is 0 Å². The van der Waals surface area contributed by atoms with Crippen LogP contribution in [0.2, 0.25) is 0 Å². The molecule has 0 N–H and O–H groups in total. The lowest BCUT2D eigenvalue weighted by Gasteiger charge is -2.40. The standard InChI is InChI=1S/C21H29BrF3NO2/c1-19(2,3)28-18(27)26(17-6-8-20(4,5)9-7-17)13-14-10-15(21(23,24)25)12-16(22)11-14/h10-12,17H,6-9,13H2,1-5H3. The van der Waals surface area contributed by atoms with E-state index in [-0.39, 0.29) is 18.0 Å². The number of alkyl halides is 3. The Morgan fingerprint density at radius 1 is 1.18 bits per heavy atom. The van der Waals surface area contributed by atoms with Crippen LogP contribution in [0.25, 0.3) is 0 Å². The van der Waals surface area contributed by atoms with Crippen molar-refractivity contribution < 1.29 is 22.7 Å². The number of hydrogen-bond acceptors (Lipinski definition) is 2. The summed E-state index contributed by atoms with van der Waals surface area (Å²) in [5.74, 6) is 0. The number of carbonyl (C=O) groups excluding carboxylic acids is 1. The van der Waals surface area contributed by atoms with E-state index >= 15 is 0 Å². The van der Waals surface area contributed by atoms with E-state index in [2.05, 4.69) is 29.8 Å². The third-order valence-electron chi connectivity index (χ3n) is 5.02. The SMILES string of the molecule is CC1(C)CCC(N(Cc2cc(Br)cc(C(F)(F)F)c2)C(=O)OC(C)(C)C)CC1. The van der Waals surface area contributed by atoms with Gasteiger partial charge in [0.2, 0.25) is 0 Å². The minimum atomic E-state index is -4.44. The fraction of sp³-hybridized carbons (Fsp3) is 0.667. The molecule has 1 aliphatic rings. The normalized spacial score (nSPS) is 18.0. The fourth-order valence-corrected chi connectivity index (χ4v) is 4.00. The first kappa shape index (κ1) is 23.0. The van der Waals surface area contributed by atoms with Crippen molar-refractivity contribution in [2.24, 2.45) is 5.41 Å². The summed E-state index contributed by atoms with van der Waals surface area (Å²) in [6.45, 7) is 9.84. The summed E-state index contributed by atoms with van der Waals surface area (Å²) in [5, 5.41) is 0. The van der Waals surface area contributed by atoms with E-state index in [1.165, 1.54) is 0 Å². The van der Waals surface area contributed by atoms with E-state index < -0.39 is 23.4 Å². The van der Waals surface area contributed by atoms with E-state index in [4.69, 9.17) is 4.74 Å². The highest BCUT2D eigenvalue weighted by atomic mass is 79.9. The summed E-state index contributed by atoms with van der Waals surface area (Å²) in [5.41, 5.74) is -0.754. The predicted octanol–water partition coefficient (Wildman–Crippen LogP) is 7.17. The number of halogens is 4. The summed E-state index contributed by atoms with van der Waals surface area (Å²) >= 11 is 3.16. The highest BCUT2D eigenvalue weighted by Gasteiger charge is 2.35. The van der Waals surface area contributed by atoms with Crippen molar-refractivity contribution in [1.82, 2.24) is 4.90 Å². The Morgan fingerprint density at radius 2 is 1.75 bits per heavy atom. The first-order valence-electron chi connectivity index (χ1n) is 9.53. The average molecular weight is 464 g/mol. The number of nitrogens with zero attached hydrogens (tertiary/aromatic N) is 1. The Hall–Kier alpha value is -1.24. The van der Waals surface area contributed by atoms with Crippen molar-refractivity contribution >= 4 is 22.0 Å². The first-order valence-corrected chi connectivity index (χ1v) is 10.3. The van der Waals surface area contributed by atoms with Crippen LogP contribution in [0.3, 0.4) is 0 Å². The molecule has 1 amide bonds. The van der Waals surface area contributed by atoms with E-state index in [1.807, 2.05) is 0 Å². The quantitative estimate of drug-likeness (QED) is 0.475. The van der Waals surface area contributed by atoms with Gasteiger partial charge in [-0.2, -0.15) is 13.2 Å². The molecule has 0 spiro atoms. The molecule has 1 fully saturated rings. The lowest BCUT2D eigenvalue weighted by atomic mass is 9.75. The minimum Gasteiger partial charge on any atom is -0.444 e. The monoisotopic (exact) mass is 463 g/mol. The number of rotatable bonds is 3. The van der Waals surface area contributed by atoms with Crippen LogP contribution in [0.5, 0.6) is 0 Å². The van der Waals surface area contributed by atoms with Gasteiger partial charge in [0.1, 0.15) is 5.60 Å². The number of amides is 1. The average Bonchev–Trinajstić information content (AvgIpc) is 2.50. The second-order valence-electron chi connectivity index (χ2n) is 9.35. The Morgan fingerprint density at radius 3 is 2.25 bits per heavy atom. The van der Waals surface area contributed by atoms with Gasteiger partial charge in [0.15, 0.2) is 0 Å². The van der Waals surface area contributed by atoms with Gasteiger partial charge < -0.3 is 9.64 Å². The van der Waals surface area contributed by atoms with Gasteiger partial charge in [0.05, 0.1) is 5.56 Å². The lowest BCUT2D eigenvalue weighted by molar-refractivity contribution is -0.137. The van der Waals surface area contributed by atoms with E-state index in [0.29, 0.717) is 10.0 Å². The van der Waals surface area contributed by atoms with Crippen LogP contribution < -0.4 is 0 Å². The van der Waals surface area contributed by atoms with Gasteiger partial charge in [-0.15, -0.1) is 0 Å². The van der Waals surface area contributed by atoms with E-state index in [0.717, 1.165) is 37.8 Å². The molecule has 3 nitrogen and oxygen atoms in total. The van der Waals surface area contributed by atoms with Crippen molar-refractivity contribution in [3.8, 4) is 0 Å². The molecular formula is C21H29BrF3NO2. The second kappa shape index (κ2) is 8.25. The Bertz CT molecular complexity index is 701. The third kappa shape index (κ3) is 6.68. The maximum Gasteiger partial charge on any atom is 0.416 e. The third-order valence-corrected chi connectivity index (χ3v) is 5.47. The smallest absolute Gasteiger partial charge is 0.416 e. The van der Waals surface area contributed by atoms with Gasteiger partial charge in [-0.1, -0.05) is 29.8 Å². The van der Waals surface area contributed by atoms with Crippen LogP contribution in [-0.4, -0.2) is 22.6 Å². The molecule has 0 bridgehead atoms. The van der Waals surface area contributed by atoms with Gasteiger partial charge in [-0.3, -0.25) is 0 Å². The second-order valence-corrected chi connectivity index (χ2v) is 10.3. The lowest BCUT2D eigenvalue weighted by Crippen LogP contribution is -2.45. The van der Waals surface area contributed by atoms with Crippen LogP contribution in [0, 0.1) is 5.41 Å². The van der Waals surface area contributed by atoms with E-state index in [1.54, 1.807) is 31.7 Å². The molecular weight excluding hydrogens is 435 g/mol. The predicted molar refractivity (Wildman–Crippen MR) is 107 cm³/mol. The zero-order chi connectivity index (χ0) is 21.3. The maximum atomic E-state index is 13.2. The molecule has 1 aromatic carbocycles. The molecule has 7 heteroatoms. The number of ether oxygens (including phenoxy) is 1. The zero-order valence-corrected chi connectivity index (χ0v) is 18.7. The molecule has 2 rings (SSSR count). The molecule has 0 saturated heterocycles. The summed E-state index contributed by atoms with van der Waals surface area (Å²) in [7, 11) is 0. The van der Waals surface area contributed by atoms with Gasteiger partial charge in [0, 0.05) is 17.1 Å². The molecule has 0 atom stereocenters. The van der Waals surface area contributed by atoms with Gasteiger partial charge in [-0.25, -0.2) is 4.79 Å². The molecule has 0 unspecified atom stereocenters. The fourth-order valence-electron chi connectivity index (χ4n) is 3.46. The minimum absolute atomic E-state index is 0.0452. The molecule has 0 heterocycles. The maximum absolute atomic E-state index is 13.2. The summed E-state index contributed by atoms with van der Waals surface area (Å²) in [6.07, 6.45) is -1.37. The molecule has 1 aliphatic carbocycles. The molecule has 1 aromatic rings. The number of benzene rings is 1. The van der Waals surface area contributed by atoms with Crippen molar-refractivity contribution in [1.29, 1.82) is 0 Å². The van der Waals surface area contributed by atoms with Gasteiger partial charge >= 0.3 is 12.3 Å². The number of carbonyl (C=O) groups is 1. The zero-order valence-electron chi connectivity index (χ0n) is 17.1. The van der Waals surface area contributed by atoms with Crippen LogP contribution in [0.4, 0.5) is 18.0 Å². The van der Waals surface area contributed by atoms with Crippen LogP contribution in [0.1, 0.15) is 71.4 Å². The Kier molecular flexibility index (Phi) is 6.79. The van der Waals surface area contributed by atoms with Crippen LogP contribution in [-0.2, 0) is 17.5 Å². The topological polar surface area (TPSA) is 29.5 Å². The van der Waals surface area contributed by atoms with Crippen molar-refractivity contribution in [2.45, 2.75) is 84.7 Å². The summed E-state index contributed by atoms with van der Waals surface area (Å²) in [4.78, 5) is 14.5. The van der Waals surface area contributed by atoms with Crippen LogP contribution >= 0.6 is 15.9 Å². The summed E-state index contributed by atoms with van der Waals surface area (Å²) in [6, 6.07) is 3.73. The molecule has 0 aliphatic heterocycles.